The number of Topliss-reactive ketones (excluding diaryl/α,β-unsaturated/α-hetero) is 2. The van der Waals surface area contributed by atoms with Crippen LogP contribution in [0.2, 0.25) is 5.02 Å². The first-order valence-electron chi connectivity index (χ1n) is 28.4. The third-order valence-electron chi connectivity index (χ3n) is 16.5. The molecule has 0 bridgehead atoms. The van der Waals surface area contributed by atoms with Crippen molar-refractivity contribution < 1.29 is 29.1 Å². The number of amides is 3. The molecule has 16 nitrogen and oxygen atoms in total. The number of aryl methyl sites for hydroxylation is 2. The van der Waals surface area contributed by atoms with E-state index in [4.69, 9.17) is 17.3 Å². The fourth-order valence-corrected chi connectivity index (χ4v) is 12.4. The smallest absolute Gasteiger partial charge is 0.240 e. The van der Waals surface area contributed by atoms with Crippen LogP contribution in [0.15, 0.2) is 72.6 Å². The number of likely N-dealkylation sites (tertiary alicyclic amines) is 1. The van der Waals surface area contributed by atoms with E-state index in [9.17, 15) is 29.1 Å². The first-order valence-corrected chi connectivity index (χ1v) is 29.6. The van der Waals surface area contributed by atoms with Crippen LogP contribution in [0.4, 0.5) is 5.82 Å². The van der Waals surface area contributed by atoms with Gasteiger partial charge in [-0.2, -0.15) is 0 Å². The number of aromatic amines is 1. The van der Waals surface area contributed by atoms with Gasteiger partial charge in [0.2, 0.25) is 17.7 Å². The number of H-pyrrole nitrogens is 1. The Bertz CT molecular complexity index is 2800. The van der Waals surface area contributed by atoms with Gasteiger partial charge in [0.05, 0.1) is 45.2 Å². The number of β-amino-alcohol motifs (C(OH)–C–C–N with tert-alkyl or cyclic N) is 1. The molecule has 420 valence electrons. The van der Waals surface area contributed by atoms with Crippen LogP contribution in [0.5, 0.6) is 0 Å². The third-order valence-corrected chi connectivity index (χ3v) is 17.7. The number of nitrogens with zero attached hydrogens (tertiary/aromatic N) is 7. The van der Waals surface area contributed by atoms with E-state index in [2.05, 4.69) is 47.2 Å². The minimum absolute atomic E-state index is 0.0557. The zero-order chi connectivity index (χ0) is 55.4. The molecule has 78 heavy (non-hydrogen) atoms. The van der Waals surface area contributed by atoms with Gasteiger partial charge in [-0.05, 0) is 85.8 Å². The Balaban J connectivity index is 0.690. The molecule has 3 aliphatic rings. The average molecular weight is 1110 g/mol. The Morgan fingerprint density at radius 3 is 2.21 bits per heavy atom. The minimum Gasteiger partial charge on any atom is -0.391 e. The maximum atomic E-state index is 14.2. The molecule has 5 N–H and O–H groups in total. The quantitative estimate of drug-likeness (QED) is 0.0404. The molecule has 3 aliphatic heterocycles. The van der Waals surface area contributed by atoms with E-state index in [0.29, 0.717) is 69.7 Å². The normalized spacial score (nSPS) is 18.8. The second-order valence-corrected chi connectivity index (χ2v) is 24.4. The van der Waals surface area contributed by atoms with E-state index in [1.54, 1.807) is 22.6 Å². The number of aliphatic hydroxyl groups excluding tert-OH is 1. The molecule has 3 aromatic heterocycles. The maximum Gasteiger partial charge on any atom is 0.240 e. The fourth-order valence-electron chi connectivity index (χ4n) is 11.4. The van der Waals surface area contributed by atoms with Crippen LogP contribution in [0.3, 0.4) is 0 Å². The van der Waals surface area contributed by atoms with E-state index < -0.39 is 29.0 Å². The van der Waals surface area contributed by atoms with Crippen molar-refractivity contribution in [3.8, 4) is 10.4 Å². The van der Waals surface area contributed by atoms with Crippen LogP contribution in [-0.4, -0.2) is 139 Å². The first kappa shape index (κ1) is 58.6. The molecule has 0 unspecified atom stereocenters. The number of unbranched alkanes of at least 4 members (excludes halogenated alkanes) is 6. The number of carbonyl (C=O) groups is 5. The highest BCUT2D eigenvalue weighted by atomic mass is 35.5. The number of piperazine rings is 1. The van der Waals surface area contributed by atoms with Crippen molar-refractivity contribution in [1.82, 2.24) is 40.0 Å². The summed E-state index contributed by atoms with van der Waals surface area (Å²) in [6, 6.07) is 16.8. The first-order chi connectivity index (χ1) is 37.5. The highest BCUT2D eigenvalue weighted by Crippen LogP contribution is 2.35. The number of carbonyl (C=O) groups excluding carboxylic acids is 5. The molecular formula is C60H81ClN10O6S. The number of piperidine rings is 1. The van der Waals surface area contributed by atoms with Crippen LogP contribution < -0.4 is 16.0 Å². The maximum absolute atomic E-state index is 14.2. The van der Waals surface area contributed by atoms with Gasteiger partial charge in [0.1, 0.15) is 23.6 Å². The number of nitrogens with two attached hydrogens (primary N) is 1. The number of fused-ring (bicyclic) bond motifs is 1. The number of benzene rings is 2. The van der Waals surface area contributed by atoms with Gasteiger partial charge in [-0.15, -0.1) is 11.3 Å². The van der Waals surface area contributed by atoms with Gasteiger partial charge >= 0.3 is 0 Å². The minimum atomic E-state index is -1.02. The van der Waals surface area contributed by atoms with E-state index >= 15 is 0 Å². The summed E-state index contributed by atoms with van der Waals surface area (Å²) in [5.74, 6) is 0.0724. The van der Waals surface area contributed by atoms with Crippen molar-refractivity contribution in [3.05, 3.63) is 94.5 Å². The van der Waals surface area contributed by atoms with Crippen LogP contribution in [0, 0.1) is 18.3 Å². The summed E-state index contributed by atoms with van der Waals surface area (Å²) < 4.78 is 0. The highest BCUT2D eigenvalue weighted by molar-refractivity contribution is 7.13. The zero-order valence-electron chi connectivity index (χ0n) is 46.2. The van der Waals surface area contributed by atoms with Crippen molar-refractivity contribution in [2.75, 3.05) is 57.3 Å². The molecule has 5 aromatic rings. The summed E-state index contributed by atoms with van der Waals surface area (Å²) >= 11 is 7.86. The predicted molar refractivity (Wildman–Crippen MR) is 308 cm³/mol. The summed E-state index contributed by atoms with van der Waals surface area (Å²) in [7, 11) is 0. The number of halogens is 1. The van der Waals surface area contributed by atoms with Crippen molar-refractivity contribution in [3.63, 3.8) is 0 Å². The molecule has 3 saturated heterocycles. The van der Waals surface area contributed by atoms with E-state index in [0.717, 1.165) is 109 Å². The van der Waals surface area contributed by atoms with Crippen LogP contribution in [-0.2, 0) is 30.4 Å². The molecule has 3 fully saturated rings. The Labute approximate surface area is 469 Å². The van der Waals surface area contributed by atoms with E-state index in [1.807, 2.05) is 86.8 Å². The van der Waals surface area contributed by atoms with Gasteiger partial charge in [0, 0.05) is 102 Å². The number of thiazole rings is 1. The number of ketones is 2. The van der Waals surface area contributed by atoms with Crippen molar-refractivity contribution in [1.29, 1.82) is 0 Å². The molecule has 2 aromatic carbocycles. The van der Waals surface area contributed by atoms with E-state index in [-0.39, 0.29) is 61.1 Å². The molecule has 0 aliphatic carbocycles. The Morgan fingerprint density at radius 1 is 0.859 bits per heavy atom. The lowest BCUT2D eigenvalue weighted by atomic mass is 9.76. The van der Waals surface area contributed by atoms with Gasteiger partial charge in [0.25, 0.3) is 0 Å². The number of aromatic nitrogens is 4. The molecule has 0 spiro atoms. The number of aliphatic hydroxyl groups is 1. The highest BCUT2D eigenvalue weighted by Gasteiger charge is 2.44. The number of anilines is 1. The topological polar surface area (TPSA) is 211 Å². The summed E-state index contributed by atoms with van der Waals surface area (Å²) in [6.07, 6.45) is 13.0. The van der Waals surface area contributed by atoms with Crippen molar-refractivity contribution in [2.45, 2.75) is 154 Å². The third kappa shape index (κ3) is 15.4. The molecular weight excluding hydrogens is 1020 g/mol. The lowest BCUT2D eigenvalue weighted by molar-refractivity contribution is -0.145. The largest absolute Gasteiger partial charge is 0.391 e. The Kier molecular flexibility index (Phi) is 20.3. The van der Waals surface area contributed by atoms with Crippen molar-refractivity contribution in [2.24, 2.45) is 17.1 Å². The number of hydrogen-bond acceptors (Lipinski definition) is 13. The molecule has 6 heterocycles. The monoisotopic (exact) mass is 1100 g/mol. The molecule has 0 saturated carbocycles. The molecule has 4 atom stereocenters. The van der Waals surface area contributed by atoms with Gasteiger partial charge in [-0.25, -0.2) is 15.0 Å². The Morgan fingerprint density at radius 2 is 1.54 bits per heavy atom. The van der Waals surface area contributed by atoms with Gasteiger partial charge < -0.3 is 35.8 Å². The zero-order valence-corrected chi connectivity index (χ0v) is 47.8. The van der Waals surface area contributed by atoms with Crippen molar-refractivity contribution >= 4 is 69.1 Å². The molecule has 8 rings (SSSR count). The summed E-state index contributed by atoms with van der Waals surface area (Å²) in [5.41, 5.74) is 12.1. The number of hydrogen-bond donors (Lipinski definition) is 4. The summed E-state index contributed by atoms with van der Waals surface area (Å²) in [4.78, 5) is 93.9. The SMILES string of the molecule is Cc1ncsc1-c1ccc(CCC(=O)[C@@H]2C[C@@H](O)CN2C(=O)[C@@H](CC(=O)CCCCCCCCCC(=O)N2CCN(CC[C@H](NC(=O)C3(N)CCN(c4ncnc5[nH]ccc45)CC3)c3ccc(Cl)cc3)CC2)C(C)(C)C)cc1. The van der Waals surface area contributed by atoms with Crippen LogP contribution >= 0.6 is 22.9 Å². The molecule has 0 radical (unpaired) electrons. The van der Waals surface area contributed by atoms with E-state index in [1.165, 1.54) is 0 Å². The predicted octanol–water partition coefficient (Wildman–Crippen LogP) is 9.03. The average Bonchev–Trinajstić information content (AvgIpc) is 4.20. The second-order valence-electron chi connectivity index (χ2n) is 23.1. The summed E-state index contributed by atoms with van der Waals surface area (Å²) in [6.45, 7) is 12.9. The standard InChI is InChI=1S/C60H81ClN10O6S/c1-41-54(78-40-66-41)44-17-14-42(15-18-44)16-23-52(74)51-37-47(73)38-71(51)57(76)49(59(2,3)4)36-46(72)12-10-8-6-5-7-9-11-13-53(75)69-34-32-68(33-35-69)29-25-50(43-19-21-45(61)22-20-43)67-58(77)60(62)26-30-70(31-27-60)56-48-24-28-63-55(48)64-39-65-56/h14-15,17-22,24,28,39-40,47,49-51,73H,5-13,16,23,25-27,29-38,62H2,1-4H3,(H,67,77)(H,63,64,65)/t47-,49-,50+,51+/m1/s1. The molecule has 18 heteroatoms. The van der Waals surface area contributed by atoms with Gasteiger partial charge in [-0.1, -0.05) is 101 Å². The lowest BCUT2D eigenvalue weighted by Crippen LogP contribution is -2.60. The van der Waals surface area contributed by atoms with Crippen LogP contribution in [0.25, 0.3) is 21.5 Å². The van der Waals surface area contributed by atoms with Crippen LogP contribution in [0.1, 0.15) is 140 Å². The lowest BCUT2D eigenvalue weighted by Gasteiger charge is -2.39. The van der Waals surface area contributed by atoms with Gasteiger partial charge in [-0.3, -0.25) is 28.9 Å². The fraction of sp³-hybridized carbons (Fsp3) is 0.567. The molecule has 3 amide bonds. The van der Waals surface area contributed by atoms with Gasteiger partial charge in [0.15, 0.2) is 5.78 Å². The number of nitrogens with one attached hydrogen (secondary N) is 2. The Hall–Kier alpha value is -5.59. The second kappa shape index (κ2) is 27.0. The summed E-state index contributed by atoms with van der Waals surface area (Å²) in [5, 5.41) is 15.6. The number of rotatable bonds is 25.